The molecule has 0 aromatic heterocycles. The van der Waals surface area contributed by atoms with Crippen molar-refractivity contribution in [1.82, 2.24) is 10.2 Å². The van der Waals surface area contributed by atoms with Gasteiger partial charge in [0, 0.05) is 24.3 Å². The van der Waals surface area contributed by atoms with E-state index in [-0.39, 0.29) is 24.4 Å². The van der Waals surface area contributed by atoms with E-state index in [1.54, 1.807) is 0 Å². The van der Waals surface area contributed by atoms with Gasteiger partial charge in [0.15, 0.2) is 0 Å². The van der Waals surface area contributed by atoms with Crippen LogP contribution in [0.15, 0.2) is 18.2 Å². The number of hydrogen-bond acceptors (Lipinski definition) is 3. The molecule has 9 heteroatoms. The number of urea groups is 1. The smallest absolute Gasteiger partial charge is 0.395 e. The van der Waals surface area contributed by atoms with E-state index < -0.39 is 23.6 Å². The number of likely N-dealkylation sites (N-methyl/N-ethyl adjacent to an activating group) is 1. The summed E-state index contributed by atoms with van der Waals surface area (Å²) in [5, 5.41) is 14.1. The Morgan fingerprint density at radius 3 is 2.65 bits per heavy atom. The summed E-state index contributed by atoms with van der Waals surface area (Å²) in [4.78, 5) is 13.7. The van der Waals surface area contributed by atoms with E-state index in [9.17, 15) is 22.4 Å². The van der Waals surface area contributed by atoms with Gasteiger partial charge in [-0.05, 0) is 31.7 Å². The third kappa shape index (κ3) is 4.32. The third-order valence-electron chi connectivity index (χ3n) is 3.77. The van der Waals surface area contributed by atoms with Gasteiger partial charge in [0.1, 0.15) is 5.82 Å². The standard InChI is InChI=1S/C14H17F4N3O2/c1-21-6-9(4-10(21)7-22)20-13(23)19-8-2-3-11(12(15)5-8)14(16,17)18/h2-3,5,9-10,22H,4,6-7H2,1H3,(H2,19,20,23)/t9-,10+/m1/s1. The summed E-state index contributed by atoms with van der Waals surface area (Å²) in [6.07, 6.45) is -4.22. The minimum Gasteiger partial charge on any atom is -0.395 e. The van der Waals surface area contributed by atoms with E-state index in [1.807, 2.05) is 11.9 Å². The third-order valence-corrected chi connectivity index (χ3v) is 3.77. The number of nitrogens with zero attached hydrogens (tertiary/aromatic N) is 1. The average Bonchev–Trinajstić information content (AvgIpc) is 2.76. The van der Waals surface area contributed by atoms with Crippen LogP contribution in [0.3, 0.4) is 0 Å². The number of hydrogen-bond donors (Lipinski definition) is 3. The zero-order valence-corrected chi connectivity index (χ0v) is 12.3. The largest absolute Gasteiger partial charge is 0.419 e. The second-order valence-corrected chi connectivity index (χ2v) is 5.50. The van der Waals surface area contributed by atoms with Crippen LogP contribution in [-0.2, 0) is 6.18 Å². The molecule has 1 aliphatic rings. The molecular weight excluding hydrogens is 318 g/mol. The SMILES string of the molecule is CN1C[C@H](NC(=O)Nc2ccc(C(F)(F)F)c(F)c2)C[C@H]1CO. The fraction of sp³-hybridized carbons (Fsp3) is 0.500. The van der Waals surface area contributed by atoms with Crippen molar-refractivity contribution in [1.29, 1.82) is 0 Å². The van der Waals surface area contributed by atoms with Crippen LogP contribution in [-0.4, -0.2) is 48.3 Å². The molecule has 1 heterocycles. The normalized spacial score (nSPS) is 22.2. The van der Waals surface area contributed by atoms with E-state index in [0.29, 0.717) is 25.1 Å². The molecule has 1 aliphatic heterocycles. The summed E-state index contributed by atoms with van der Waals surface area (Å²) in [6.45, 7) is 0.514. The van der Waals surface area contributed by atoms with Crippen molar-refractivity contribution in [3.05, 3.63) is 29.6 Å². The molecule has 5 nitrogen and oxygen atoms in total. The Balaban J connectivity index is 1.95. The molecule has 1 aromatic rings. The number of carbonyl (C=O) groups excluding carboxylic acids is 1. The lowest BCUT2D eigenvalue weighted by Crippen LogP contribution is -2.39. The van der Waals surface area contributed by atoms with Gasteiger partial charge in [-0.15, -0.1) is 0 Å². The number of aliphatic hydroxyl groups excluding tert-OH is 1. The van der Waals surface area contributed by atoms with Gasteiger partial charge >= 0.3 is 12.2 Å². The second kappa shape index (κ2) is 6.71. The van der Waals surface area contributed by atoms with Gasteiger partial charge in [-0.2, -0.15) is 13.2 Å². The summed E-state index contributed by atoms with van der Waals surface area (Å²) in [6, 6.07) is 1.31. The predicted molar refractivity (Wildman–Crippen MR) is 75.5 cm³/mol. The van der Waals surface area contributed by atoms with Crippen molar-refractivity contribution < 1.29 is 27.5 Å². The second-order valence-electron chi connectivity index (χ2n) is 5.50. The summed E-state index contributed by atoms with van der Waals surface area (Å²) in [5.74, 6) is -1.45. The lowest BCUT2D eigenvalue weighted by Gasteiger charge is -2.15. The first-order chi connectivity index (χ1) is 10.7. The maximum atomic E-state index is 13.4. The van der Waals surface area contributed by atoms with Crippen molar-refractivity contribution in [3.8, 4) is 0 Å². The van der Waals surface area contributed by atoms with Gasteiger partial charge in [-0.3, -0.25) is 4.90 Å². The van der Waals surface area contributed by atoms with Crippen LogP contribution in [0.5, 0.6) is 0 Å². The van der Waals surface area contributed by atoms with E-state index in [1.165, 1.54) is 0 Å². The van der Waals surface area contributed by atoms with E-state index in [0.717, 1.165) is 6.07 Å². The minimum absolute atomic E-state index is 0.0274. The number of benzene rings is 1. The number of amides is 2. The van der Waals surface area contributed by atoms with Gasteiger partial charge in [0.25, 0.3) is 0 Å². The Kier molecular flexibility index (Phi) is 5.10. The summed E-state index contributed by atoms with van der Waals surface area (Å²) < 4.78 is 50.8. The van der Waals surface area contributed by atoms with Crippen molar-refractivity contribution in [2.24, 2.45) is 0 Å². The van der Waals surface area contributed by atoms with Gasteiger partial charge in [-0.25, -0.2) is 9.18 Å². The van der Waals surface area contributed by atoms with Gasteiger partial charge in [-0.1, -0.05) is 0 Å². The van der Waals surface area contributed by atoms with Crippen LogP contribution in [0.1, 0.15) is 12.0 Å². The maximum Gasteiger partial charge on any atom is 0.419 e. The van der Waals surface area contributed by atoms with Crippen molar-refractivity contribution >= 4 is 11.7 Å². The molecule has 0 saturated carbocycles. The Bertz CT molecular complexity index is 580. The number of alkyl halides is 3. The highest BCUT2D eigenvalue weighted by Gasteiger charge is 2.34. The van der Waals surface area contributed by atoms with Gasteiger partial charge < -0.3 is 15.7 Å². The highest BCUT2D eigenvalue weighted by molar-refractivity contribution is 5.89. The summed E-state index contributed by atoms with van der Waals surface area (Å²) >= 11 is 0. The molecule has 23 heavy (non-hydrogen) atoms. The molecule has 2 atom stereocenters. The van der Waals surface area contributed by atoms with Crippen LogP contribution in [0.4, 0.5) is 28.0 Å². The lowest BCUT2D eigenvalue weighted by molar-refractivity contribution is -0.139. The maximum absolute atomic E-state index is 13.4. The molecule has 2 amide bonds. The molecule has 3 N–H and O–H groups in total. The van der Waals surface area contributed by atoms with Crippen molar-refractivity contribution in [3.63, 3.8) is 0 Å². The molecule has 2 rings (SSSR count). The number of likely N-dealkylation sites (tertiary alicyclic amines) is 1. The zero-order valence-electron chi connectivity index (χ0n) is 12.3. The summed E-state index contributed by atoms with van der Waals surface area (Å²) in [7, 11) is 1.81. The highest BCUT2D eigenvalue weighted by Crippen LogP contribution is 2.32. The van der Waals surface area contributed by atoms with Gasteiger partial charge in [0.2, 0.25) is 0 Å². The number of anilines is 1. The number of aliphatic hydroxyl groups is 1. The molecule has 1 fully saturated rings. The van der Waals surface area contributed by atoms with Gasteiger partial charge in [0.05, 0.1) is 12.2 Å². The van der Waals surface area contributed by atoms with E-state index >= 15 is 0 Å². The molecule has 1 saturated heterocycles. The Morgan fingerprint density at radius 1 is 1.43 bits per heavy atom. The van der Waals surface area contributed by atoms with Crippen molar-refractivity contribution in [2.45, 2.75) is 24.7 Å². The fourth-order valence-electron chi connectivity index (χ4n) is 2.57. The van der Waals surface area contributed by atoms with Crippen LogP contribution in [0, 0.1) is 5.82 Å². The van der Waals surface area contributed by atoms with Crippen LogP contribution in [0.2, 0.25) is 0 Å². The molecule has 128 valence electrons. The Labute approximate surface area is 130 Å². The average molecular weight is 335 g/mol. The molecule has 0 bridgehead atoms. The van der Waals surface area contributed by atoms with Crippen LogP contribution < -0.4 is 10.6 Å². The Morgan fingerprint density at radius 2 is 2.13 bits per heavy atom. The topological polar surface area (TPSA) is 64.6 Å². The van der Waals surface area contributed by atoms with E-state index in [2.05, 4.69) is 10.6 Å². The molecule has 1 aromatic carbocycles. The molecule has 0 unspecified atom stereocenters. The number of halogens is 4. The number of carbonyl (C=O) groups is 1. The number of nitrogens with one attached hydrogen (secondary N) is 2. The monoisotopic (exact) mass is 335 g/mol. The molecular formula is C14H17F4N3O2. The number of rotatable bonds is 3. The molecule has 0 radical (unpaired) electrons. The van der Waals surface area contributed by atoms with Crippen molar-refractivity contribution in [2.75, 3.05) is 25.5 Å². The molecule has 0 spiro atoms. The first kappa shape index (κ1) is 17.5. The lowest BCUT2D eigenvalue weighted by atomic mass is 10.2. The fourth-order valence-corrected chi connectivity index (χ4v) is 2.57. The molecule has 0 aliphatic carbocycles. The predicted octanol–water partition coefficient (Wildman–Crippen LogP) is 2.03. The summed E-state index contributed by atoms with van der Waals surface area (Å²) in [5.41, 5.74) is -1.45. The van der Waals surface area contributed by atoms with E-state index in [4.69, 9.17) is 5.11 Å². The quantitative estimate of drug-likeness (QED) is 0.741. The van der Waals surface area contributed by atoms with Crippen LogP contribution >= 0.6 is 0 Å². The first-order valence-electron chi connectivity index (χ1n) is 6.96. The highest BCUT2D eigenvalue weighted by atomic mass is 19.4. The minimum atomic E-state index is -4.78. The Hall–Kier alpha value is -1.87. The zero-order chi connectivity index (χ0) is 17.2. The van der Waals surface area contributed by atoms with Crippen LogP contribution in [0.25, 0.3) is 0 Å². The first-order valence-corrected chi connectivity index (χ1v) is 6.96.